The fourth-order valence-corrected chi connectivity index (χ4v) is 1.87. The van der Waals surface area contributed by atoms with Gasteiger partial charge in [0.1, 0.15) is 17.1 Å². The standard InChI is InChI=1S/C13H17NO3/c1-14(9-7-8-9)13(15)12-10(16-2)5-4-6-11(12)17-3/h4-6,9H,7-8H2,1-3H3. The van der Waals surface area contributed by atoms with E-state index in [1.807, 2.05) is 13.1 Å². The van der Waals surface area contributed by atoms with Gasteiger partial charge in [-0.05, 0) is 25.0 Å². The summed E-state index contributed by atoms with van der Waals surface area (Å²) in [6, 6.07) is 5.73. The lowest BCUT2D eigenvalue weighted by Crippen LogP contribution is -2.29. The van der Waals surface area contributed by atoms with Crippen molar-refractivity contribution in [1.82, 2.24) is 4.90 Å². The molecule has 17 heavy (non-hydrogen) atoms. The molecule has 1 aromatic rings. The van der Waals surface area contributed by atoms with Gasteiger partial charge in [-0.1, -0.05) is 6.07 Å². The summed E-state index contributed by atoms with van der Waals surface area (Å²) >= 11 is 0. The van der Waals surface area contributed by atoms with Gasteiger partial charge in [-0.15, -0.1) is 0 Å². The van der Waals surface area contributed by atoms with Crippen molar-refractivity contribution in [3.8, 4) is 11.5 Å². The van der Waals surface area contributed by atoms with Gasteiger partial charge in [-0.2, -0.15) is 0 Å². The van der Waals surface area contributed by atoms with Crippen LogP contribution in [0.2, 0.25) is 0 Å². The molecule has 1 fully saturated rings. The molecule has 0 aromatic heterocycles. The first-order chi connectivity index (χ1) is 8.19. The summed E-state index contributed by atoms with van der Waals surface area (Å²) in [6.45, 7) is 0. The van der Waals surface area contributed by atoms with Crippen molar-refractivity contribution in [2.45, 2.75) is 18.9 Å². The topological polar surface area (TPSA) is 38.8 Å². The Morgan fingerprint density at radius 3 is 2.18 bits per heavy atom. The van der Waals surface area contributed by atoms with Crippen LogP contribution in [0, 0.1) is 0 Å². The van der Waals surface area contributed by atoms with Crippen molar-refractivity contribution >= 4 is 5.91 Å². The molecule has 1 aliphatic carbocycles. The van der Waals surface area contributed by atoms with Gasteiger partial charge in [0.15, 0.2) is 0 Å². The van der Waals surface area contributed by atoms with Crippen LogP contribution in [0.15, 0.2) is 18.2 Å². The second kappa shape index (κ2) is 4.65. The first-order valence-corrected chi connectivity index (χ1v) is 5.67. The van der Waals surface area contributed by atoms with Crippen molar-refractivity contribution in [2.75, 3.05) is 21.3 Å². The zero-order valence-electron chi connectivity index (χ0n) is 10.4. The molecular weight excluding hydrogens is 218 g/mol. The van der Waals surface area contributed by atoms with Crippen molar-refractivity contribution in [2.24, 2.45) is 0 Å². The molecule has 4 heteroatoms. The van der Waals surface area contributed by atoms with Crippen molar-refractivity contribution < 1.29 is 14.3 Å². The number of carbonyl (C=O) groups is 1. The van der Waals surface area contributed by atoms with Gasteiger partial charge in [-0.3, -0.25) is 4.79 Å². The molecule has 1 aliphatic rings. The average Bonchev–Trinajstić information content (AvgIpc) is 3.20. The summed E-state index contributed by atoms with van der Waals surface area (Å²) in [5, 5.41) is 0. The van der Waals surface area contributed by atoms with E-state index in [1.54, 1.807) is 31.3 Å². The molecule has 0 atom stereocenters. The maximum atomic E-state index is 12.4. The minimum absolute atomic E-state index is 0.0400. The van der Waals surface area contributed by atoms with Crippen LogP contribution in [0.25, 0.3) is 0 Å². The molecule has 1 aromatic carbocycles. The van der Waals surface area contributed by atoms with E-state index >= 15 is 0 Å². The second-order valence-electron chi connectivity index (χ2n) is 4.18. The number of hydrogen-bond acceptors (Lipinski definition) is 3. The van der Waals surface area contributed by atoms with Crippen LogP contribution in [0.5, 0.6) is 11.5 Å². The monoisotopic (exact) mass is 235 g/mol. The Bertz CT molecular complexity index is 404. The van der Waals surface area contributed by atoms with Gasteiger partial charge < -0.3 is 14.4 Å². The zero-order chi connectivity index (χ0) is 12.4. The Balaban J connectivity index is 2.37. The molecule has 0 radical (unpaired) electrons. The lowest BCUT2D eigenvalue weighted by atomic mass is 10.1. The van der Waals surface area contributed by atoms with Crippen LogP contribution < -0.4 is 9.47 Å². The van der Waals surface area contributed by atoms with Gasteiger partial charge in [0.25, 0.3) is 5.91 Å². The van der Waals surface area contributed by atoms with Crippen LogP contribution >= 0.6 is 0 Å². The van der Waals surface area contributed by atoms with E-state index in [1.165, 1.54) is 0 Å². The Hall–Kier alpha value is -1.71. The lowest BCUT2D eigenvalue weighted by molar-refractivity contribution is 0.0778. The average molecular weight is 235 g/mol. The summed E-state index contributed by atoms with van der Waals surface area (Å²) in [5.74, 6) is 1.07. The van der Waals surface area contributed by atoms with Crippen molar-refractivity contribution in [3.05, 3.63) is 23.8 Å². The minimum atomic E-state index is -0.0400. The molecule has 0 saturated heterocycles. The Morgan fingerprint density at radius 1 is 1.24 bits per heavy atom. The van der Waals surface area contributed by atoms with Crippen molar-refractivity contribution in [3.63, 3.8) is 0 Å². The molecule has 0 heterocycles. The largest absolute Gasteiger partial charge is 0.496 e. The van der Waals surface area contributed by atoms with Crippen molar-refractivity contribution in [1.29, 1.82) is 0 Å². The van der Waals surface area contributed by atoms with E-state index in [9.17, 15) is 4.79 Å². The van der Waals surface area contributed by atoms with E-state index < -0.39 is 0 Å². The van der Waals surface area contributed by atoms with Gasteiger partial charge in [0.2, 0.25) is 0 Å². The number of amides is 1. The maximum Gasteiger partial charge on any atom is 0.261 e. The molecule has 0 N–H and O–H groups in total. The third-order valence-corrected chi connectivity index (χ3v) is 3.06. The molecule has 1 saturated carbocycles. The maximum absolute atomic E-state index is 12.4. The van der Waals surface area contributed by atoms with E-state index in [0.717, 1.165) is 12.8 Å². The fraction of sp³-hybridized carbons (Fsp3) is 0.462. The first-order valence-electron chi connectivity index (χ1n) is 5.67. The molecule has 2 rings (SSSR count). The van der Waals surface area contributed by atoms with E-state index in [2.05, 4.69) is 0 Å². The molecule has 0 unspecified atom stereocenters. The van der Waals surface area contributed by atoms with Gasteiger partial charge in [-0.25, -0.2) is 0 Å². The molecule has 4 nitrogen and oxygen atoms in total. The van der Waals surface area contributed by atoms with Crippen LogP contribution in [0.4, 0.5) is 0 Å². The molecule has 0 aliphatic heterocycles. The highest BCUT2D eigenvalue weighted by atomic mass is 16.5. The Kier molecular flexibility index (Phi) is 3.22. The van der Waals surface area contributed by atoms with E-state index in [-0.39, 0.29) is 5.91 Å². The summed E-state index contributed by atoms with van der Waals surface area (Å²) in [6.07, 6.45) is 2.17. The smallest absolute Gasteiger partial charge is 0.261 e. The molecule has 92 valence electrons. The quantitative estimate of drug-likeness (QED) is 0.800. The summed E-state index contributed by atoms with van der Waals surface area (Å²) in [5.41, 5.74) is 0.506. The number of rotatable bonds is 4. The predicted octanol–water partition coefficient (Wildman–Crippen LogP) is 1.94. The molecular formula is C13H17NO3. The number of hydrogen-bond donors (Lipinski definition) is 0. The van der Waals surface area contributed by atoms with Crippen LogP contribution in [-0.4, -0.2) is 38.1 Å². The third-order valence-electron chi connectivity index (χ3n) is 3.06. The predicted molar refractivity (Wildman–Crippen MR) is 64.7 cm³/mol. The lowest BCUT2D eigenvalue weighted by Gasteiger charge is -2.19. The SMILES string of the molecule is COc1cccc(OC)c1C(=O)N(C)C1CC1. The minimum Gasteiger partial charge on any atom is -0.496 e. The van der Waals surface area contributed by atoms with Gasteiger partial charge >= 0.3 is 0 Å². The highest BCUT2D eigenvalue weighted by Gasteiger charge is 2.32. The normalized spacial score (nSPS) is 14.3. The summed E-state index contributed by atoms with van der Waals surface area (Å²) in [4.78, 5) is 14.1. The van der Waals surface area contributed by atoms with E-state index in [0.29, 0.717) is 23.1 Å². The van der Waals surface area contributed by atoms with Crippen LogP contribution in [0.3, 0.4) is 0 Å². The third kappa shape index (κ3) is 2.20. The van der Waals surface area contributed by atoms with Gasteiger partial charge in [0, 0.05) is 13.1 Å². The Morgan fingerprint density at radius 2 is 1.76 bits per heavy atom. The fourth-order valence-electron chi connectivity index (χ4n) is 1.87. The van der Waals surface area contributed by atoms with Crippen LogP contribution in [0.1, 0.15) is 23.2 Å². The van der Waals surface area contributed by atoms with E-state index in [4.69, 9.17) is 9.47 Å². The second-order valence-corrected chi connectivity index (χ2v) is 4.18. The highest BCUT2D eigenvalue weighted by molar-refractivity contribution is 5.99. The number of carbonyl (C=O) groups excluding carboxylic acids is 1. The molecule has 1 amide bonds. The van der Waals surface area contributed by atoms with Gasteiger partial charge in [0.05, 0.1) is 14.2 Å². The first kappa shape index (κ1) is 11.8. The molecule has 0 bridgehead atoms. The summed E-state index contributed by atoms with van der Waals surface area (Å²) in [7, 11) is 4.94. The van der Waals surface area contributed by atoms with Crippen LogP contribution in [-0.2, 0) is 0 Å². The Labute approximate surface area is 101 Å². The number of nitrogens with zero attached hydrogens (tertiary/aromatic N) is 1. The number of benzene rings is 1. The zero-order valence-corrected chi connectivity index (χ0v) is 10.4. The highest BCUT2D eigenvalue weighted by Crippen LogP contribution is 2.33. The number of methoxy groups -OCH3 is 2. The summed E-state index contributed by atoms with van der Waals surface area (Å²) < 4.78 is 10.5. The molecule has 0 spiro atoms. The number of ether oxygens (including phenoxy) is 2.